The molecule has 1 rings (SSSR count). The molecule has 0 N–H and O–H groups in total. The Hall–Kier alpha value is -1.57. The molecule has 0 saturated heterocycles. The first-order chi connectivity index (χ1) is 6.47. The highest BCUT2D eigenvalue weighted by atomic mass is 19.3. The molecule has 0 aliphatic heterocycles. The number of nitriles is 1. The summed E-state index contributed by atoms with van der Waals surface area (Å²) in [4.78, 5) is 0. The zero-order valence-corrected chi connectivity index (χ0v) is 6.90. The maximum absolute atomic E-state index is 13.0. The van der Waals surface area contributed by atoms with E-state index >= 15 is 0 Å². The summed E-state index contributed by atoms with van der Waals surface area (Å²) < 4.78 is 50.9. The highest BCUT2D eigenvalue weighted by Gasteiger charge is 2.31. The SMILES string of the molecule is N#CCC(F)(F)c1ccc(F)c(F)c1. The molecule has 1 nitrogen and oxygen atoms in total. The van der Waals surface area contributed by atoms with Crippen LogP contribution in [0.5, 0.6) is 0 Å². The summed E-state index contributed by atoms with van der Waals surface area (Å²) in [6.07, 6.45) is -1.06. The Labute approximate surface area is 77.6 Å². The highest BCUT2D eigenvalue weighted by molar-refractivity contribution is 5.23. The van der Waals surface area contributed by atoms with E-state index < -0.39 is 29.5 Å². The molecule has 74 valence electrons. The van der Waals surface area contributed by atoms with Crippen molar-refractivity contribution >= 4 is 0 Å². The van der Waals surface area contributed by atoms with Crippen LogP contribution in [-0.2, 0) is 5.92 Å². The van der Waals surface area contributed by atoms with Crippen LogP contribution in [0.15, 0.2) is 18.2 Å². The average molecular weight is 203 g/mol. The average Bonchev–Trinajstić information content (AvgIpc) is 2.09. The lowest BCUT2D eigenvalue weighted by atomic mass is 10.1. The van der Waals surface area contributed by atoms with Gasteiger partial charge in [-0.25, -0.2) is 17.6 Å². The van der Waals surface area contributed by atoms with Crippen LogP contribution in [0.1, 0.15) is 12.0 Å². The number of hydrogen-bond donors (Lipinski definition) is 0. The van der Waals surface area contributed by atoms with Crippen LogP contribution in [0.25, 0.3) is 0 Å². The standard InChI is InChI=1S/C9H5F4N/c10-7-2-1-6(5-8(7)11)9(12,13)3-4-14/h1-2,5H,3H2. The van der Waals surface area contributed by atoms with E-state index in [0.29, 0.717) is 12.1 Å². The summed E-state index contributed by atoms with van der Waals surface area (Å²) in [6, 6.07) is 3.04. The zero-order chi connectivity index (χ0) is 10.8. The Morgan fingerprint density at radius 3 is 2.36 bits per heavy atom. The number of alkyl halides is 2. The third-order valence-corrected chi connectivity index (χ3v) is 1.64. The molecule has 0 fully saturated rings. The molecule has 1 aromatic carbocycles. The van der Waals surface area contributed by atoms with E-state index in [1.807, 2.05) is 0 Å². The monoisotopic (exact) mass is 203 g/mol. The van der Waals surface area contributed by atoms with Crippen molar-refractivity contribution in [3.05, 3.63) is 35.4 Å². The van der Waals surface area contributed by atoms with E-state index in [1.165, 1.54) is 6.07 Å². The van der Waals surface area contributed by atoms with Crippen molar-refractivity contribution in [2.45, 2.75) is 12.3 Å². The van der Waals surface area contributed by atoms with Crippen LogP contribution in [0, 0.1) is 23.0 Å². The van der Waals surface area contributed by atoms with Gasteiger partial charge < -0.3 is 0 Å². The van der Waals surface area contributed by atoms with Crippen LogP contribution in [0.4, 0.5) is 17.6 Å². The van der Waals surface area contributed by atoms with Crippen molar-refractivity contribution in [3.63, 3.8) is 0 Å². The van der Waals surface area contributed by atoms with Gasteiger partial charge in [-0.1, -0.05) is 0 Å². The van der Waals surface area contributed by atoms with Crippen LogP contribution in [0.2, 0.25) is 0 Å². The van der Waals surface area contributed by atoms with Gasteiger partial charge in [-0.2, -0.15) is 5.26 Å². The van der Waals surface area contributed by atoms with Crippen LogP contribution in [0.3, 0.4) is 0 Å². The molecule has 0 atom stereocenters. The minimum Gasteiger partial charge on any atom is -0.204 e. The molecule has 0 spiro atoms. The van der Waals surface area contributed by atoms with E-state index in [9.17, 15) is 17.6 Å². The van der Waals surface area contributed by atoms with Crippen molar-refractivity contribution in [1.29, 1.82) is 5.26 Å². The summed E-state index contributed by atoms with van der Waals surface area (Å²) in [7, 11) is 0. The highest BCUT2D eigenvalue weighted by Crippen LogP contribution is 2.31. The fourth-order valence-electron chi connectivity index (χ4n) is 0.925. The zero-order valence-electron chi connectivity index (χ0n) is 6.90. The Balaban J connectivity index is 3.09. The van der Waals surface area contributed by atoms with Crippen molar-refractivity contribution in [2.24, 2.45) is 0 Å². The number of benzene rings is 1. The molecule has 0 amide bonds. The quantitative estimate of drug-likeness (QED) is 0.678. The molecule has 1 aromatic rings. The molecular weight excluding hydrogens is 198 g/mol. The Morgan fingerprint density at radius 1 is 1.21 bits per heavy atom. The number of nitrogens with zero attached hydrogens (tertiary/aromatic N) is 1. The van der Waals surface area contributed by atoms with Gasteiger partial charge in [0.2, 0.25) is 0 Å². The smallest absolute Gasteiger partial charge is 0.204 e. The first kappa shape index (κ1) is 10.5. The first-order valence-electron chi connectivity index (χ1n) is 3.67. The molecule has 5 heteroatoms. The Bertz CT molecular complexity index is 381. The normalized spacial score (nSPS) is 11.1. The summed E-state index contributed by atoms with van der Waals surface area (Å²) in [5.41, 5.74) is -0.696. The Kier molecular flexibility index (Phi) is 2.75. The van der Waals surface area contributed by atoms with E-state index in [2.05, 4.69) is 0 Å². The molecular formula is C9H5F4N. The molecule has 0 aliphatic rings. The third-order valence-electron chi connectivity index (χ3n) is 1.64. The van der Waals surface area contributed by atoms with Gasteiger partial charge in [0, 0.05) is 5.56 Å². The van der Waals surface area contributed by atoms with E-state index in [4.69, 9.17) is 5.26 Å². The molecule has 14 heavy (non-hydrogen) atoms. The molecule has 0 aromatic heterocycles. The van der Waals surface area contributed by atoms with Crippen molar-refractivity contribution in [3.8, 4) is 6.07 Å². The minimum absolute atomic E-state index is 0.396. The maximum atomic E-state index is 13.0. The van der Waals surface area contributed by atoms with Gasteiger partial charge in [-0.15, -0.1) is 0 Å². The number of halogens is 4. The van der Waals surface area contributed by atoms with Crippen molar-refractivity contribution in [1.82, 2.24) is 0 Å². The fourth-order valence-corrected chi connectivity index (χ4v) is 0.925. The second-order valence-corrected chi connectivity index (χ2v) is 2.67. The van der Waals surface area contributed by atoms with Crippen LogP contribution >= 0.6 is 0 Å². The summed E-state index contributed by atoms with van der Waals surface area (Å²) in [6.45, 7) is 0. The van der Waals surface area contributed by atoms with E-state index in [0.717, 1.165) is 6.07 Å². The Morgan fingerprint density at radius 2 is 1.86 bits per heavy atom. The van der Waals surface area contributed by atoms with Gasteiger partial charge in [0.15, 0.2) is 11.6 Å². The molecule has 0 heterocycles. The molecule has 0 unspecified atom stereocenters. The lowest BCUT2D eigenvalue weighted by Crippen LogP contribution is -2.12. The summed E-state index contributed by atoms with van der Waals surface area (Å²) in [5.74, 6) is -5.98. The maximum Gasteiger partial charge on any atom is 0.286 e. The first-order valence-corrected chi connectivity index (χ1v) is 3.67. The predicted molar refractivity (Wildman–Crippen MR) is 40.5 cm³/mol. The molecule has 0 bridgehead atoms. The molecule has 0 radical (unpaired) electrons. The van der Waals surface area contributed by atoms with Gasteiger partial charge >= 0.3 is 0 Å². The number of hydrogen-bond acceptors (Lipinski definition) is 1. The van der Waals surface area contributed by atoms with Crippen molar-refractivity contribution in [2.75, 3.05) is 0 Å². The summed E-state index contributed by atoms with van der Waals surface area (Å²) in [5, 5.41) is 8.09. The van der Waals surface area contributed by atoms with Gasteiger partial charge in [-0.05, 0) is 18.2 Å². The summed E-state index contributed by atoms with van der Waals surface area (Å²) >= 11 is 0. The predicted octanol–water partition coefficient (Wildman–Crippen LogP) is 2.97. The van der Waals surface area contributed by atoms with Crippen LogP contribution < -0.4 is 0 Å². The van der Waals surface area contributed by atoms with Gasteiger partial charge in [0.05, 0.1) is 6.07 Å². The second-order valence-electron chi connectivity index (χ2n) is 2.67. The van der Waals surface area contributed by atoms with Crippen molar-refractivity contribution < 1.29 is 17.6 Å². The van der Waals surface area contributed by atoms with Gasteiger partial charge in [-0.3, -0.25) is 0 Å². The largest absolute Gasteiger partial charge is 0.286 e. The minimum atomic E-state index is -3.44. The third kappa shape index (κ3) is 2.02. The van der Waals surface area contributed by atoms with E-state index in [1.54, 1.807) is 0 Å². The number of rotatable bonds is 2. The molecule has 0 saturated carbocycles. The fraction of sp³-hybridized carbons (Fsp3) is 0.222. The van der Waals surface area contributed by atoms with Crippen LogP contribution in [-0.4, -0.2) is 0 Å². The van der Waals surface area contributed by atoms with E-state index in [-0.39, 0.29) is 0 Å². The molecule has 0 aliphatic carbocycles. The van der Waals surface area contributed by atoms with Gasteiger partial charge in [0.25, 0.3) is 5.92 Å². The van der Waals surface area contributed by atoms with Gasteiger partial charge in [0.1, 0.15) is 6.42 Å². The lowest BCUT2D eigenvalue weighted by Gasteiger charge is -2.12. The second kappa shape index (κ2) is 3.66. The topological polar surface area (TPSA) is 23.8 Å². The lowest BCUT2D eigenvalue weighted by molar-refractivity contribution is 0.000552.